The van der Waals surface area contributed by atoms with Crippen molar-refractivity contribution < 1.29 is 4.79 Å². The Morgan fingerprint density at radius 2 is 2.13 bits per heavy atom. The van der Waals surface area contributed by atoms with Crippen LogP contribution in [0.25, 0.3) is 0 Å². The van der Waals surface area contributed by atoms with Crippen molar-refractivity contribution in [3.63, 3.8) is 0 Å². The van der Waals surface area contributed by atoms with Gasteiger partial charge in [0, 0.05) is 38.8 Å². The molecule has 1 aromatic rings. The molecule has 23 heavy (non-hydrogen) atoms. The Balaban J connectivity index is 1.62. The third-order valence-corrected chi connectivity index (χ3v) is 4.76. The summed E-state index contributed by atoms with van der Waals surface area (Å²) in [5.41, 5.74) is 0. The molecule has 2 aliphatic rings. The fourth-order valence-corrected chi connectivity index (χ4v) is 3.03. The Bertz CT molecular complexity index is 557. The minimum atomic E-state index is 0.130. The van der Waals surface area contributed by atoms with Gasteiger partial charge >= 0.3 is 0 Å². The highest BCUT2D eigenvalue weighted by Crippen LogP contribution is 2.34. The summed E-state index contributed by atoms with van der Waals surface area (Å²) in [4.78, 5) is 26.6. The first kappa shape index (κ1) is 16.0. The quantitative estimate of drug-likeness (QED) is 0.824. The molecule has 1 saturated heterocycles. The molecule has 0 spiro atoms. The summed E-state index contributed by atoms with van der Waals surface area (Å²) in [6.07, 6.45) is 4.22. The molecule has 1 N–H and O–H groups in total. The molecule has 7 nitrogen and oxygen atoms in total. The average Bonchev–Trinajstić information content (AvgIpc) is 3.35. The van der Waals surface area contributed by atoms with Crippen LogP contribution in [0.5, 0.6) is 0 Å². The number of piperazine rings is 1. The van der Waals surface area contributed by atoms with Crippen LogP contribution in [0.4, 0.5) is 11.6 Å². The molecule has 0 radical (unpaired) electrons. The van der Waals surface area contributed by atoms with Crippen LogP contribution in [0.15, 0.2) is 12.4 Å². The zero-order valence-corrected chi connectivity index (χ0v) is 14.2. The number of carbonyl (C=O) groups is 1. The van der Waals surface area contributed by atoms with Crippen molar-refractivity contribution in [3.05, 3.63) is 12.4 Å². The maximum Gasteiger partial charge on any atom is 0.241 e. The Labute approximate surface area is 137 Å². The predicted molar refractivity (Wildman–Crippen MR) is 90.6 cm³/mol. The highest BCUT2D eigenvalue weighted by atomic mass is 16.2. The molecule has 126 valence electrons. The molecule has 1 amide bonds. The summed E-state index contributed by atoms with van der Waals surface area (Å²) in [6, 6.07) is 2.48. The first-order chi connectivity index (χ1) is 11.0. The average molecular weight is 318 g/mol. The number of hydrogen-bond acceptors (Lipinski definition) is 6. The third-order valence-electron chi connectivity index (χ3n) is 4.76. The Morgan fingerprint density at radius 3 is 2.78 bits per heavy atom. The standard InChI is InChI=1S/C16H26N6O/c1-20(2)13(12-4-5-12)9-17-14-8-15(19-11-18-14)22-7-6-21(3)16(23)10-22/h8,11-13H,4-7,9-10H2,1-3H3,(H,17,18,19). The highest BCUT2D eigenvalue weighted by Gasteiger charge is 2.32. The molecule has 1 unspecified atom stereocenters. The van der Waals surface area contributed by atoms with Gasteiger partial charge in [-0.25, -0.2) is 9.97 Å². The SMILES string of the molecule is CN1CCN(c2cc(NCC(C3CC3)N(C)C)ncn2)CC1=O. The minimum absolute atomic E-state index is 0.130. The van der Waals surface area contributed by atoms with E-state index in [1.165, 1.54) is 12.8 Å². The minimum Gasteiger partial charge on any atom is -0.368 e. The number of amides is 1. The van der Waals surface area contributed by atoms with Crippen molar-refractivity contribution in [1.82, 2.24) is 19.8 Å². The van der Waals surface area contributed by atoms with Gasteiger partial charge in [-0.05, 0) is 32.9 Å². The van der Waals surface area contributed by atoms with Crippen molar-refractivity contribution >= 4 is 17.5 Å². The lowest BCUT2D eigenvalue weighted by molar-refractivity contribution is -0.129. The molecule has 1 aliphatic heterocycles. The summed E-state index contributed by atoms with van der Waals surface area (Å²) in [5, 5.41) is 3.43. The van der Waals surface area contributed by atoms with Gasteiger partial charge in [0.1, 0.15) is 18.0 Å². The van der Waals surface area contributed by atoms with E-state index in [1.807, 2.05) is 18.0 Å². The third kappa shape index (κ3) is 3.90. The van der Waals surface area contributed by atoms with E-state index in [9.17, 15) is 4.79 Å². The fraction of sp³-hybridized carbons (Fsp3) is 0.688. The van der Waals surface area contributed by atoms with Crippen LogP contribution in [-0.2, 0) is 4.79 Å². The monoisotopic (exact) mass is 318 g/mol. The maximum atomic E-state index is 11.9. The number of aromatic nitrogens is 2. The molecule has 0 aromatic carbocycles. The number of nitrogens with one attached hydrogen (secondary N) is 1. The molecule has 1 aliphatic carbocycles. The van der Waals surface area contributed by atoms with Gasteiger partial charge in [-0.3, -0.25) is 4.79 Å². The van der Waals surface area contributed by atoms with Gasteiger partial charge < -0.3 is 20.0 Å². The molecular weight excluding hydrogens is 292 g/mol. The van der Waals surface area contributed by atoms with Crippen LogP contribution in [-0.4, -0.2) is 79.0 Å². The van der Waals surface area contributed by atoms with E-state index < -0.39 is 0 Å². The van der Waals surface area contributed by atoms with E-state index in [2.05, 4.69) is 34.3 Å². The Kier molecular flexibility index (Phi) is 4.66. The number of carbonyl (C=O) groups excluding carboxylic acids is 1. The Morgan fingerprint density at radius 1 is 1.35 bits per heavy atom. The molecule has 2 heterocycles. The van der Waals surface area contributed by atoms with E-state index in [1.54, 1.807) is 11.2 Å². The zero-order valence-electron chi connectivity index (χ0n) is 14.2. The summed E-state index contributed by atoms with van der Waals surface area (Å²) >= 11 is 0. The lowest BCUT2D eigenvalue weighted by atomic mass is 10.1. The lowest BCUT2D eigenvalue weighted by Crippen LogP contribution is -2.48. The molecule has 2 fully saturated rings. The normalized spacial score (nSPS) is 20.1. The summed E-state index contributed by atoms with van der Waals surface area (Å²) in [7, 11) is 6.10. The van der Waals surface area contributed by atoms with Crippen molar-refractivity contribution in [2.75, 3.05) is 57.5 Å². The number of likely N-dealkylation sites (N-methyl/N-ethyl adjacent to an activating group) is 2. The van der Waals surface area contributed by atoms with Gasteiger partial charge in [-0.2, -0.15) is 0 Å². The molecule has 7 heteroatoms. The van der Waals surface area contributed by atoms with E-state index in [4.69, 9.17) is 0 Å². The Hall–Kier alpha value is -1.89. The molecule has 3 rings (SSSR count). The van der Waals surface area contributed by atoms with Crippen LogP contribution < -0.4 is 10.2 Å². The van der Waals surface area contributed by atoms with Crippen molar-refractivity contribution in [2.24, 2.45) is 5.92 Å². The zero-order chi connectivity index (χ0) is 16.4. The number of nitrogens with zero attached hydrogens (tertiary/aromatic N) is 5. The van der Waals surface area contributed by atoms with Crippen molar-refractivity contribution in [2.45, 2.75) is 18.9 Å². The first-order valence-electron chi connectivity index (χ1n) is 8.26. The topological polar surface area (TPSA) is 64.6 Å². The van der Waals surface area contributed by atoms with E-state index in [0.717, 1.165) is 37.2 Å². The number of rotatable bonds is 6. The second kappa shape index (κ2) is 6.70. The van der Waals surface area contributed by atoms with Crippen LogP contribution in [0.3, 0.4) is 0 Å². The van der Waals surface area contributed by atoms with Gasteiger partial charge in [-0.15, -0.1) is 0 Å². The highest BCUT2D eigenvalue weighted by molar-refractivity contribution is 5.82. The molecule has 1 atom stereocenters. The smallest absolute Gasteiger partial charge is 0.241 e. The van der Waals surface area contributed by atoms with Crippen LogP contribution >= 0.6 is 0 Å². The van der Waals surface area contributed by atoms with Gasteiger partial charge in [0.2, 0.25) is 5.91 Å². The summed E-state index contributed by atoms with van der Waals surface area (Å²) in [5.74, 6) is 2.57. The van der Waals surface area contributed by atoms with Gasteiger partial charge in [0.25, 0.3) is 0 Å². The van der Waals surface area contributed by atoms with Gasteiger partial charge in [0.15, 0.2) is 0 Å². The van der Waals surface area contributed by atoms with Crippen LogP contribution in [0, 0.1) is 5.92 Å². The van der Waals surface area contributed by atoms with Crippen molar-refractivity contribution in [3.8, 4) is 0 Å². The number of hydrogen-bond donors (Lipinski definition) is 1. The van der Waals surface area contributed by atoms with Crippen LogP contribution in [0.2, 0.25) is 0 Å². The second-order valence-electron chi connectivity index (χ2n) is 6.75. The number of anilines is 2. The van der Waals surface area contributed by atoms with Crippen LogP contribution in [0.1, 0.15) is 12.8 Å². The maximum absolute atomic E-state index is 11.9. The molecule has 1 aromatic heterocycles. The fourth-order valence-electron chi connectivity index (χ4n) is 3.03. The van der Waals surface area contributed by atoms with Gasteiger partial charge in [-0.1, -0.05) is 0 Å². The van der Waals surface area contributed by atoms with E-state index in [-0.39, 0.29) is 5.91 Å². The summed E-state index contributed by atoms with van der Waals surface area (Å²) in [6.45, 7) is 2.81. The molecular formula is C16H26N6O. The first-order valence-corrected chi connectivity index (χ1v) is 8.26. The van der Waals surface area contributed by atoms with Gasteiger partial charge in [0.05, 0.1) is 6.54 Å². The summed E-state index contributed by atoms with van der Waals surface area (Å²) < 4.78 is 0. The largest absolute Gasteiger partial charge is 0.368 e. The molecule has 0 bridgehead atoms. The molecule has 1 saturated carbocycles. The van der Waals surface area contributed by atoms with Crippen molar-refractivity contribution in [1.29, 1.82) is 0 Å². The second-order valence-corrected chi connectivity index (χ2v) is 6.75. The van der Waals surface area contributed by atoms with E-state index in [0.29, 0.717) is 12.6 Å². The lowest BCUT2D eigenvalue weighted by Gasteiger charge is -2.32. The van der Waals surface area contributed by atoms with E-state index >= 15 is 0 Å². The predicted octanol–water partition coefficient (Wildman–Crippen LogP) is 0.507.